The molecule has 0 saturated heterocycles. The molecule has 132 valence electrons. The van der Waals surface area contributed by atoms with Crippen LogP contribution in [0, 0.1) is 5.92 Å². The van der Waals surface area contributed by atoms with Gasteiger partial charge < -0.3 is 20.5 Å². The lowest BCUT2D eigenvalue weighted by Gasteiger charge is -2.21. The van der Waals surface area contributed by atoms with Crippen molar-refractivity contribution in [1.29, 1.82) is 0 Å². The molecule has 3 rings (SSSR count). The zero-order valence-corrected chi connectivity index (χ0v) is 14.8. The number of fused-ring (bicyclic) bond motifs is 1. The number of rotatable bonds is 5. The summed E-state index contributed by atoms with van der Waals surface area (Å²) in [5, 5.41) is 3.39. The fourth-order valence-corrected chi connectivity index (χ4v) is 3.03. The molecule has 6 heteroatoms. The number of carbonyl (C=O) groups is 1. The highest BCUT2D eigenvalue weighted by molar-refractivity contribution is 6.32. The quantitative estimate of drug-likeness (QED) is 0.859. The van der Waals surface area contributed by atoms with Crippen molar-refractivity contribution >= 4 is 17.5 Å². The maximum Gasteiger partial charge on any atom is 0.225 e. The molecule has 0 fully saturated rings. The van der Waals surface area contributed by atoms with Gasteiger partial charge in [-0.1, -0.05) is 48.9 Å². The lowest BCUT2D eigenvalue weighted by molar-refractivity contribution is -0.125. The molecule has 25 heavy (non-hydrogen) atoms. The Hall–Kier alpha value is -2.24. The Morgan fingerprint density at radius 3 is 2.72 bits per heavy atom. The SMILES string of the molecule is CC(C(=O)NCc1cc(Cl)c2c(c1)OCCO2)C(N)c1ccccc1. The maximum absolute atomic E-state index is 12.4. The van der Waals surface area contributed by atoms with Crippen LogP contribution in [0.1, 0.15) is 24.1 Å². The van der Waals surface area contributed by atoms with Crippen molar-refractivity contribution in [2.45, 2.75) is 19.5 Å². The van der Waals surface area contributed by atoms with Gasteiger partial charge in [0, 0.05) is 12.6 Å². The number of halogens is 1. The van der Waals surface area contributed by atoms with Crippen LogP contribution in [0.3, 0.4) is 0 Å². The molecule has 2 atom stereocenters. The topological polar surface area (TPSA) is 73.6 Å². The van der Waals surface area contributed by atoms with E-state index in [0.717, 1.165) is 11.1 Å². The van der Waals surface area contributed by atoms with Crippen LogP contribution in [0.25, 0.3) is 0 Å². The average molecular weight is 361 g/mol. The van der Waals surface area contributed by atoms with Crippen LogP contribution < -0.4 is 20.5 Å². The monoisotopic (exact) mass is 360 g/mol. The minimum atomic E-state index is -0.356. The lowest BCUT2D eigenvalue weighted by Crippen LogP contribution is -2.35. The van der Waals surface area contributed by atoms with Crippen LogP contribution in [0.2, 0.25) is 5.02 Å². The van der Waals surface area contributed by atoms with Crippen LogP contribution in [0.5, 0.6) is 11.5 Å². The van der Waals surface area contributed by atoms with Gasteiger partial charge in [0.2, 0.25) is 5.91 Å². The molecule has 3 N–H and O–H groups in total. The summed E-state index contributed by atoms with van der Waals surface area (Å²) >= 11 is 6.22. The van der Waals surface area contributed by atoms with Crippen molar-refractivity contribution in [3.63, 3.8) is 0 Å². The fourth-order valence-electron chi connectivity index (χ4n) is 2.74. The van der Waals surface area contributed by atoms with E-state index in [1.165, 1.54) is 0 Å². The molecule has 0 saturated carbocycles. The average Bonchev–Trinajstić information content (AvgIpc) is 2.65. The molecule has 1 aliphatic rings. The Bertz CT molecular complexity index is 752. The summed E-state index contributed by atoms with van der Waals surface area (Å²) in [6.07, 6.45) is 0. The van der Waals surface area contributed by atoms with Crippen molar-refractivity contribution in [3.8, 4) is 11.5 Å². The van der Waals surface area contributed by atoms with Gasteiger partial charge in [0.05, 0.1) is 10.9 Å². The number of hydrogen-bond acceptors (Lipinski definition) is 4. The van der Waals surface area contributed by atoms with E-state index in [0.29, 0.717) is 36.3 Å². The smallest absolute Gasteiger partial charge is 0.225 e. The minimum Gasteiger partial charge on any atom is -0.486 e. The van der Waals surface area contributed by atoms with Crippen LogP contribution in [-0.2, 0) is 11.3 Å². The van der Waals surface area contributed by atoms with Gasteiger partial charge in [-0.05, 0) is 23.3 Å². The zero-order valence-electron chi connectivity index (χ0n) is 14.0. The number of nitrogens with two attached hydrogens (primary N) is 1. The summed E-state index contributed by atoms with van der Waals surface area (Å²) in [6.45, 7) is 3.14. The number of carbonyl (C=O) groups excluding carboxylic acids is 1. The van der Waals surface area contributed by atoms with Crippen molar-refractivity contribution in [2.75, 3.05) is 13.2 Å². The van der Waals surface area contributed by atoms with Crippen LogP contribution in [0.4, 0.5) is 0 Å². The van der Waals surface area contributed by atoms with Crippen LogP contribution in [0.15, 0.2) is 42.5 Å². The van der Waals surface area contributed by atoms with E-state index in [1.54, 1.807) is 6.07 Å². The largest absolute Gasteiger partial charge is 0.486 e. The fraction of sp³-hybridized carbons (Fsp3) is 0.316. The summed E-state index contributed by atoms with van der Waals surface area (Å²) in [5.41, 5.74) is 7.99. The first-order valence-electron chi connectivity index (χ1n) is 8.22. The Morgan fingerprint density at radius 2 is 1.96 bits per heavy atom. The molecule has 1 amide bonds. The lowest BCUT2D eigenvalue weighted by atomic mass is 9.94. The molecule has 2 aromatic rings. The van der Waals surface area contributed by atoms with Gasteiger partial charge in [0.1, 0.15) is 13.2 Å². The molecular formula is C19H21ClN2O3. The predicted molar refractivity (Wildman–Crippen MR) is 96.8 cm³/mol. The number of benzene rings is 2. The van der Waals surface area contributed by atoms with E-state index >= 15 is 0 Å². The van der Waals surface area contributed by atoms with Gasteiger partial charge in [-0.15, -0.1) is 0 Å². The highest BCUT2D eigenvalue weighted by Gasteiger charge is 2.22. The Morgan fingerprint density at radius 1 is 1.24 bits per heavy atom. The van der Waals surface area contributed by atoms with Gasteiger partial charge in [0.25, 0.3) is 0 Å². The predicted octanol–water partition coefficient (Wildman–Crippen LogP) is 3.06. The molecule has 0 bridgehead atoms. The highest BCUT2D eigenvalue weighted by atomic mass is 35.5. The Kier molecular flexibility index (Phi) is 5.46. The molecule has 0 aromatic heterocycles. The molecular weight excluding hydrogens is 340 g/mol. The maximum atomic E-state index is 12.4. The third kappa shape index (κ3) is 4.06. The van der Waals surface area contributed by atoms with E-state index in [1.807, 2.05) is 43.3 Å². The van der Waals surface area contributed by atoms with Crippen LogP contribution in [-0.4, -0.2) is 19.1 Å². The molecule has 0 spiro atoms. The number of ether oxygens (including phenoxy) is 2. The van der Waals surface area contributed by atoms with Gasteiger partial charge >= 0.3 is 0 Å². The van der Waals surface area contributed by atoms with E-state index in [2.05, 4.69) is 5.32 Å². The summed E-state index contributed by atoms with van der Waals surface area (Å²) < 4.78 is 11.0. The molecule has 1 heterocycles. The molecule has 1 aliphatic heterocycles. The summed E-state index contributed by atoms with van der Waals surface area (Å²) in [5.74, 6) is 0.706. The minimum absolute atomic E-state index is 0.109. The van der Waals surface area contributed by atoms with E-state index in [4.69, 9.17) is 26.8 Å². The van der Waals surface area contributed by atoms with Crippen molar-refractivity contribution < 1.29 is 14.3 Å². The van der Waals surface area contributed by atoms with Gasteiger partial charge in [-0.2, -0.15) is 0 Å². The third-order valence-electron chi connectivity index (χ3n) is 4.26. The normalized spacial score (nSPS) is 15.3. The Labute approximate surface area is 152 Å². The first-order valence-corrected chi connectivity index (χ1v) is 8.60. The molecule has 5 nitrogen and oxygen atoms in total. The molecule has 2 aromatic carbocycles. The van der Waals surface area contributed by atoms with E-state index < -0.39 is 0 Å². The summed E-state index contributed by atoms with van der Waals surface area (Å²) in [4.78, 5) is 12.4. The molecule has 2 unspecified atom stereocenters. The second-order valence-electron chi connectivity index (χ2n) is 6.04. The third-order valence-corrected chi connectivity index (χ3v) is 4.54. The summed E-state index contributed by atoms with van der Waals surface area (Å²) in [6, 6.07) is 12.9. The highest BCUT2D eigenvalue weighted by Crippen LogP contribution is 2.38. The van der Waals surface area contributed by atoms with E-state index in [-0.39, 0.29) is 17.9 Å². The first kappa shape index (κ1) is 17.6. The standard InChI is InChI=1S/C19H21ClN2O3/c1-12(17(21)14-5-3-2-4-6-14)19(23)22-11-13-9-15(20)18-16(10-13)24-7-8-25-18/h2-6,9-10,12,17H,7-8,11,21H2,1H3,(H,22,23). The molecule has 0 radical (unpaired) electrons. The van der Waals surface area contributed by atoms with Gasteiger partial charge in [-0.25, -0.2) is 0 Å². The van der Waals surface area contributed by atoms with Crippen molar-refractivity contribution in [2.24, 2.45) is 11.7 Å². The van der Waals surface area contributed by atoms with Gasteiger partial charge in [-0.3, -0.25) is 4.79 Å². The number of hydrogen-bond donors (Lipinski definition) is 2. The second kappa shape index (κ2) is 7.76. The summed E-state index contributed by atoms with van der Waals surface area (Å²) in [7, 11) is 0. The van der Waals surface area contributed by atoms with Crippen molar-refractivity contribution in [3.05, 3.63) is 58.6 Å². The first-order chi connectivity index (χ1) is 12.1. The second-order valence-corrected chi connectivity index (χ2v) is 6.45. The number of amides is 1. The zero-order chi connectivity index (χ0) is 17.8. The van der Waals surface area contributed by atoms with E-state index in [9.17, 15) is 4.79 Å². The number of nitrogens with one attached hydrogen (secondary N) is 1. The Balaban J connectivity index is 1.63. The van der Waals surface area contributed by atoms with Crippen LogP contribution >= 0.6 is 11.6 Å². The van der Waals surface area contributed by atoms with Gasteiger partial charge in [0.15, 0.2) is 11.5 Å². The van der Waals surface area contributed by atoms with Crippen molar-refractivity contribution in [1.82, 2.24) is 5.32 Å². The molecule has 0 aliphatic carbocycles.